The van der Waals surface area contributed by atoms with Gasteiger partial charge in [0.15, 0.2) is 0 Å². The molecule has 0 bridgehead atoms. The smallest absolute Gasteiger partial charge is 0.261 e. The molecule has 0 saturated carbocycles. The zero-order valence-electron chi connectivity index (χ0n) is 15.9. The number of sulfonamides is 1. The van der Waals surface area contributed by atoms with E-state index in [1.165, 1.54) is 0 Å². The van der Waals surface area contributed by atoms with Crippen molar-refractivity contribution < 1.29 is 13.2 Å². The summed E-state index contributed by atoms with van der Waals surface area (Å²) < 4.78 is 28.4. The Labute approximate surface area is 179 Å². The van der Waals surface area contributed by atoms with E-state index in [9.17, 15) is 13.2 Å². The quantitative estimate of drug-likeness (QED) is 0.500. The number of para-hydroxylation sites is 1. The van der Waals surface area contributed by atoms with Crippen LogP contribution in [-0.2, 0) is 21.2 Å². The first-order valence-electron chi connectivity index (χ1n) is 9.06. The number of halogens is 1. The summed E-state index contributed by atoms with van der Waals surface area (Å²) in [5.74, 6) is -0.102. The number of rotatable bonds is 7. The summed E-state index contributed by atoms with van der Waals surface area (Å²) >= 11 is 3.40. The van der Waals surface area contributed by atoms with Crippen molar-refractivity contribution in [3.05, 3.63) is 88.4 Å². The topological polar surface area (TPSA) is 75.3 Å². The lowest BCUT2D eigenvalue weighted by Gasteiger charge is -2.10. The summed E-state index contributed by atoms with van der Waals surface area (Å²) in [7, 11) is -3.65. The van der Waals surface area contributed by atoms with E-state index >= 15 is 0 Å². The first kappa shape index (κ1) is 21.1. The molecule has 0 unspecified atom stereocenters. The number of carbonyl (C=O) groups is 1. The molecule has 0 atom stereocenters. The van der Waals surface area contributed by atoms with E-state index < -0.39 is 10.0 Å². The molecule has 0 saturated heterocycles. The van der Waals surface area contributed by atoms with Gasteiger partial charge >= 0.3 is 0 Å². The Balaban J connectivity index is 1.58. The number of carbonyl (C=O) groups excluding carboxylic acids is 1. The van der Waals surface area contributed by atoms with E-state index in [0.717, 1.165) is 21.3 Å². The van der Waals surface area contributed by atoms with Crippen molar-refractivity contribution >= 4 is 43.2 Å². The molecule has 0 aliphatic carbocycles. The third-order valence-electron chi connectivity index (χ3n) is 4.33. The SMILES string of the molecule is Cc1ccc(NS(=O)(=O)c2ccc(CCC(=O)Nc3ccccc3Br)cc2)cc1. The van der Waals surface area contributed by atoms with E-state index in [4.69, 9.17) is 0 Å². The minimum atomic E-state index is -3.65. The summed E-state index contributed by atoms with van der Waals surface area (Å²) in [5.41, 5.74) is 3.19. The largest absolute Gasteiger partial charge is 0.325 e. The Morgan fingerprint density at radius 3 is 2.24 bits per heavy atom. The summed E-state index contributed by atoms with van der Waals surface area (Å²) in [6, 6.07) is 21.1. The standard InChI is InChI=1S/C22H21BrN2O3S/c1-16-6-11-18(12-7-16)25-29(27,28)19-13-8-17(9-14-19)10-15-22(26)24-21-5-3-2-4-20(21)23/h2-9,11-14,25H,10,15H2,1H3,(H,24,26). The summed E-state index contributed by atoms with van der Waals surface area (Å²) in [4.78, 5) is 12.3. The molecule has 29 heavy (non-hydrogen) atoms. The van der Waals surface area contributed by atoms with Gasteiger partial charge in [-0.25, -0.2) is 8.42 Å². The third kappa shape index (κ3) is 5.92. The van der Waals surface area contributed by atoms with Crippen LogP contribution in [0.2, 0.25) is 0 Å². The molecule has 0 aromatic heterocycles. The molecule has 0 aliphatic heterocycles. The van der Waals surface area contributed by atoms with E-state index in [0.29, 0.717) is 18.5 Å². The van der Waals surface area contributed by atoms with Gasteiger partial charge in [-0.15, -0.1) is 0 Å². The van der Waals surface area contributed by atoms with Gasteiger partial charge in [0.25, 0.3) is 10.0 Å². The van der Waals surface area contributed by atoms with Gasteiger partial charge in [-0.05, 0) is 71.2 Å². The molecule has 7 heteroatoms. The zero-order valence-corrected chi connectivity index (χ0v) is 18.3. The maximum atomic E-state index is 12.5. The number of hydrogen-bond donors (Lipinski definition) is 2. The second-order valence-electron chi connectivity index (χ2n) is 6.64. The molecule has 0 radical (unpaired) electrons. The maximum absolute atomic E-state index is 12.5. The van der Waals surface area contributed by atoms with Crippen molar-refractivity contribution in [2.45, 2.75) is 24.7 Å². The number of anilines is 2. The van der Waals surface area contributed by atoms with Crippen LogP contribution in [0.15, 0.2) is 82.2 Å². The lowest BCUT2D eigenvalue weighted by Crippen LogP contribution is -2.13. The molecule has 0 spiro atoms. The molecule has 1 amide bonds. The minimum absolute atomic E-state index is 0.102. The molecular formula is C22H21BrN2O3S. The van der Waals surface area contributed by atoms with Crippen LogP contribution < -0.4 is 10.0 Å². The lowest BCUT2D eigenvalue weighted by atomic mass is 10.1. The minimum Gasteiger partial charge on any atom is -0.325 e. The first-order chi connectivity index (χ1) is 13.8. The van der Waals surface area contributed by atoms with E-state index in [1.807, 2.05) is 43.3 Å². The number of nitrogens with one attached hydrogen (secondary N) is 2. The highest BCUT2D eigenvalue weighted by Gasteiger charge is 2.14. The molecule has 3 aromatic rings. The highest BCUT2D eigenvalue weighted by molar-refractivity contribution is 9.10. The van der Waals surface area contributed by atoms with E-state index in [1.54, 1.807) is 36.4 Å². The third-order valence-corrected chi connectivity index (χ3v) is 6.41. The average molecular weight is 473 g/mol. The van der Waals surface area contributed by atoms with Gasteiger partial charge in [-0.1, -0.05) is 42.0 Å². The second-order valence-corrected chi connectivity index (χ2v) is 9.18. The molecule has 0 fully saturated rings. The number of amides is 1. The molecule has 0 heterocycles. The van der Waals surface area contributed by atoms with Crippen LogP contribution in [0.4, 0.5) is 11.4 Å². The Morgan fingerprint density at radius 1 is 0.931 bits per heavy atom. The van der Waals surface area contributed by atoms with E-state index in [2.05, 4.69) is 26.0 Å². The Hall–Kier alpha value is -2.64. The van der Waals surface area contributed by atoms with Crippen molar-refractivity contribution in [3.8, 4) is 0 Å². The normalized spacial score (nSPS) is 11.1. The molecule has 0 aliphatic rings. The number of benzene rings is 3. The Kier molecular flexibility index (Phi) is 6.71. The average Bonchev–Trinajstić information content (AvgIpc) is 2.70. The van der Waals surface area contributed by atoms with Crippen LogP contribution in [0, 0.1) is 6.92 Å². The molecular weight excluding hydrogens is 452 g/mol. The van der Waals surface area contributed by atoms with Gasteiger partial charge < -0.3 is 5.32 Å². The van der Waals surface area contributed by atoms with Crippen LogP contribution in [0.5, 0.6) is 0 Å². The monoisotopic (exact) mass is 472 g/mol. The first-order valence-corrected chi connectivity index (χ1v) is 11.3. The van der Waals surface area contributed by atoms with Crippen LogP contribution in [0.3, 0.4) is 0 Å². The van der Waals surface area contributed by atoms with Crippen molar-refractivity contribution in [1.82, 2.24) is 0 Å². The summed E-state index contributed by atoms with van der Waals surface area (Å²) in [5, 5.41) is 2.86. The zero-order chi connectivity index (χ0) is 20.9. The molecule has 5 nitrogen and oxygen atoms in total. The fourth-order valence-electron chi connectivity index (χ4n) is 2.70. The van der Waals surface area contributed by atoms with Gasteiger partial charge in [0.2, 0.25) is 5.91 Å². The highest BCUT2D eigenvalue weighted by Crippen LogP contribution is 2.22. The molecule has 3 aromatic carbocycles. The van der Waals surface area contributed by atoms with Crippen LogP contribution in [-0.4, -0.2) is 14.3 Å². The van der Waals surface area contributed by atoms with Crippen LogP contribution >= 0.6 is 15.9 Å². The Bertz CT molecular complexity index is 1100. The highest BCUT2D eigenvalue weighted by atomic mass is 79.9. The predicted octanol–water partition coefficient (Wildman–Crippen LogP) is 5.13. The van der Waals surface area contributed by atoms with Gasteiger partial charge in [-0.3, -0.25) is 9.52 Å². The van der Waals surface area contributed by atoms with Gasteiger partial charge in [-0.2, -0.15) is 0 Å². The predicted molar refractivity (Wildman–Crippen MR) is 120 cm³/mol. The summed E-state index contributed by atoms with van der Waals surface area (Å²) in [6.07, 6.45) is 0.817. The lowest BCUT2D eigenvalue weighted by molar-refractivity contribution is -0.116. The number of hydrogen-bond acceptors (Lipinski definition) is 3. The Morgan fingerprint density at radius 2 is 1.59 bits per heavy atom. The van der Waals surface area contributed by atoms with Crippen LogP contribution in [0.1, 0.15) is 17.5 Å². The van der Waals surface area contributed by atoms with Gasteiger partial charge in [0, 0.05) is 16.6 Å². The number of aryl methyl sites for hydroxylation is 2. The maximum Gasteiger partial charge on any atom is 0.261 e. The summed E-state index contributed by atoms with van der Waals surface area (Å²) in [6.45, 7) is 1.94. The van der Waals surface area contributed by atoms with Crippen molar-refractivity contribution in [3.63, 3.8) is 0 Å². The van der Waals surface area contributed by atoms with Crippen molar-refractivity contribution in [2.75, 3.05) is 10.0 Å². The fourth-order valence-corrected chi connectivity index (χ4v) is 4.15. The fraction of sp³-hybridized carbons (Fsp3) is 0.136. The van der Waals surface area contributed by atoms with Crippen LogP contribution in [0.25, 0.3) is 0 Å². The van der Waals surface area contributed by atoms with Gasteiger partial charge in [0.1, 0.15) is 0 Å². The molecule has 2 N–H and O–H groups in total. The second kappa shape index (κ2) is 9.24. The van der Waals surface area contributed by atoms with Crippen molar-refractivity contribution in [2.24, 2.45) is 0 Å². The van der Waals surface area contributed by atoms with E-state index in [-0.39, 0.29) is 10.8 Å². The molecule has 150 valence electrons. The molecule has 3 rings (SSSR count). The van der Waals surface area contributed by atoms with Crippen molar-refractivity contribution in [1.29, 1.82) is 0 Å². The van der Waals surface area contributed by atoms with Gasteiger partial charge in [0.05, 0.1) is 10.6 Å².